The number of amides is 1. The topological polar surface area (TPSA) is 75.9 Å². The molecule has 7 nitrogen and oxygen atoms in total. The zero-order valence-corrected chi connectivity index (χ0v) is 17.8. The third kappa shape index (κ3) is 3.37. The number of aryl methyl sites for hydroxylation is 3. The summed E-state index contributed by atoms with van der Waals surface area (Å²) in [5.41, 5.74) is 2.16. The van der Waals surface area contributed by atoms with Gasteiger partial charge in [0, 0.05) is 19.7 Å². The molecule has 1 saturated heterocycles. The summed E-state index contributed by atoms with van der Waals surface area (Å²) in [5.74, 6) is 2.95. The molecule has 4 heterocycles. The predicted molar refractivity (Wildman–Crippen MR) is 113 cm³/mol. The third-order valence-corrected chi connectivity index (χ3v) is 5.94. The molecule has 1 N–H and O–H groups in total. The van der Waals surface area contributed by atoms with E-state index in [2.05, 4.69) is 39.6 Å². The SMILES string of the molecule is Cc1cc(N2CCC(Nc3nc(C)nc4scc(CC(C)C)c34)C2=O)n(C)n1. The van der Waals surface area contributed by atoms with Crippen molar-refractivity contribution in [2.24, 2.45) is 13.0 Å². The molecular weight excluding hydrogens is 372 g/mol. The van der Waals surface area contributed by atoms with Gasteiger partial charge in [0.2, 0.25) is 0 Å². The van der Waals surface area contributed by atoms with E-state index in [1.165, 1.54) is 5.56 Å². The first-order valence-corrected chi connectivity index (χ1v) is 10.5. The number of nitrogens with zero attached hydrogens (tertiary/aromatic N) is 5. The van der Waals surface area contributed by atoms with E-state index in [1.54, 1.807) is 16.0 Å². The molecule has 0 aromatic carbocycles. The van der Waals surface area contributed by atoms with Crippen LogP contribution in [0.1, 0.15) is 37.4 Å². The van der Waals surface area contributed by atoms with Gasteiger partial charge in [-0.25, -0.2) is 9.97 Å². The Kier molecular flexibility index (Phi) is 4.82. The Morgan fingerprint density at radius 2 is 2.11 bits per heavy atom. The number of carbonyl (C=O) groups is 1. The number of thiophene rings is 1. The van der Waals surface area contributed by atoms with Gasteiger partial charge in [-0.15, -0.1) is 11.3 Å². The summed E-state index contributed by atoms with van der Waals surface area (Å²) in [4.78, 5) is 25.1. The smallest absolute Gasteiger partial charge is 0.250 e. The summed E-state index contributed by atoms with van der Waals surface area (Å²) in [6.45, 7) is 8.92. The van der Waals surface area contributed by atoms with Crippen molar-refractivity contribution in [3.8, 4) is 0 Å². The van der Waals surface area contributed by atoms with Crippen LogP contribution in [0, 0.1) is 19.8 Å². The van der Waals surface area contributed by atoms with E-state index in [4.69, 9.17) is 0 Å². The van der Waals surface area contributed by atoms with E-state index >= 15 is 0 Å². The van der Waals surface area contributed by atoms with Crippen LogP contribution < -0.4 is 10.2 Å². The molecule has 1 fully saturated rings. The van der Waals surface area contributed by atoms with Gasteiger partial charge >= 0.3 is 0 Å². The summed E-state index contributed by atoms with van der Waals surface area (Å²) in [6.07, 6.45) is 1.71. The quantitative estimate of drug-likeness (QED) is 0.712. The maximum atomic E-state index is 13.1. The van der Waals surface area contributed by atoms with Gasteiger partial charge in [-0.05, 0) is 43.6 Å². The van der Waals surface area contributed by atoms with Crippen LogP contribution in [0.5, 0.6) is 0 Å². The average Bonchev–Trinajstić information content (AvgIpc) is 3.26. The molecule has 1 amide bonds. The van der Waals surface area contributed by atoms with Gasteiger partial charge in [-0.2, -0.15) is 5.10 Å². The minimum absolute atomic E-state index is 0.0630. The van der Waals surface area contributed by atoms with Crippen molar-refractivity contribution < 1.29 is 4.79 Å². The molecule has 148 valence electrons. The number of rotatable bonds is 5. The molecule has 1 atom stereocenters. The van der Waals surface area contributed by atoms with Crippen molar-refractivity contribution >= 4 is 39.1 Å². The van der Waals surface area contributed by atoms with Gasteiger partial charge in [0.1, 0.15) is 28.3 Å². The number of aromatic nitrogens is 4. The fourth-order valence-corrected chi connectivity index (χ4v) is 4.86. The van der Waals surface area contributed by atoms with Crippen molar-refractivity contribution in [2.75, 3.05) is 16.8 Å². The van der Waals surface area contributed by atoms with Crippen molar-refractivity contribution in [2.45, 2.75) is 46.6 Å². The third-order valence-electron chi connectivity index (χ3n) is 5.02. The van der Waals surface area contributed by atoms with E-state index in [9.17, 15) is 4.79 Å². The highest BCUT2D eigenvalue weighted by atomic mass is 32.1. The molecule has 0 saturated carbocycles. The van der Waals surface area contributed by atoms with Crippen LogP contribution in [0.25, 0.3) is 10.2 Å². The van der Waals surface area contributed by atoms with Crippen LogP contribution in [0.3, 0.4) is 0 Å². The number of carbonyl (C=O) groups excluding carboxylic acids is 1. The molecule has 8 heteroatoms. The molecular formula is C20H26N6OS. The van der Waals surface area contributed by atoms with E-state index in [0.717, 1.165) is 46.2 Å². The number of anilines is 2. The second-order valence-electron chi connectivity index (χ2n) is 7.90. The number of nitrogens with one attached hydrogen (secondary N) is 1. The minimum Gasteiger partial charge on any atom is -0.358 e. The number of hydrogen-bond donors (Lipinski definition) is 1. The van der Waals surface area contributed by atoms with Gasteiger partial charge in [0.25, 0.3) is 5.91 Å². The zero-order valence-electron chi connectivity index (χ0n) is 17.0. The van der Waals surface area contributed by atoms with Crippen LogP contribution in [-0.4, -0.2) is 38.2 Å². The Bertz CT molecular complexity index is 1040. The highest BCUT2D eigenvalue weighted by Gasteiger charge is 2.35. The number of fused-ring (bicyclic) bond motifs is 1. The second kappa shape index (κ2) is 7.16. The molecule has 28 heavy (non-hydrogen) atoms. The van der Waals surface area contributed by atoms with Gasteiger partial charge in [0.05, 0.1) is 11.1 Å². The van der Waals surface area contributed by atoms with Crippen molar-refractivity contribution in [1.82, 2.24) is 19.7 Å². The van der Waals surface area contributed by atoms with Crippen molar-refractivity contribution in [1.29, 1.82) is 0 Å². The molecule has 4 rings (SSSR count). The standard InChI is InChI=1S/C20H26N6OS/c1-11(2)8-14-10-28-19-17(14)18(21-13(4)22-19)23-15-6-7-26(20(15)27)16-9-12(3)24-25(16)5/h9-11,15H,6-8H2,1-5H3,(H,21,22,23). The zero-order chi connectivity index (χ0) is 20.0. The van der Waals surface area contributed by atoms with Crippen LogP contribution in [0.4, 0.5) is 11.6 Å². The fraction of sp³-hybridized carbons (Fsp3) is 0.500. The summed E-state index contributed by atoms with van der Waals surface area (Å²) in [5, 5.41) is 11.0. The van der Waals surface area contributed by atoms with Crippen molar-refractivity contribution in [3.05, 3.63) is 28.5 Å². The van der Waals surface area contributed by atoms with Crippen LogP contribution in [-0.2, 0) is 18.3 Å². The normalized spacial score (nSPS) is 17.3. The summed E-state index contributed by atoms with van der Waals surface area (Å²) < 4.78 is 1.77. The maximum absolute atomic E-state index is 13.1. The highest BCUT2D eigenvalue weighted by Crippen LogP contribution is 2.33. The Morgan fingerprint density at radius 3 is 2.79 bits per heavy atom. The molecule has 3 aromatic heterocycles. The first kappa shape index (κ1) is 18.9. The summed E-state index contributed by atoms with van der Waals surface area (Å²) in [6, 6.07) is 1.66. The lowest BCUT2D eigenvalue weighted by Gasteiger charge is -2.18. The molecule has 0 bridgehead atoms. The van der Waals surface area contributed by atoms with Gasteiger partial charge in [0.15, 0.2) is 0 Å². The minimum atomic E-state index is -0.292. The highest BCUT2D eigenvalue weighted by molar-refractivity contribution is 7.17. The molecule has 0 aliphatic carbocycles. The fourth-order valence-electron chi connectivity index (χ4n) is 3.86. The molecule has 0 spiro atoms. The lowest BCUT2D eigenvalue weighted by Crippen LogP contribution is -2.34. The number of hydrogen-bond acceptors (Lipinski definition) is 6. The van der Waals surface area contributed by atoms with Crippen LogP contribution in [0.2, 0.25) is 0 Å². The van der Waals surface area contributed by atoms with Gasteiger partial charge in [-0.3, -0.25) is 14.4 Å². The summed E-state index contributed by atoms with van der Waals surface area (Å²) in [7, 11) is 1.87. The Balaban J connectivity index is 1.64. The van der Waals surface area contributed by atoms with Crippen LogP contribution in [0.15, 0.2) is 11.4 Å². The Labute approximate surface area is 168 Å². The van der Waals surface area contributed by atoms with Crippen LogP contribution >= 0.6 is 11.3 Å². The second-order valence-corrected chi connectivity index (χ2v) is 8.76. The van der Waals surface area contributed by atoms with E-state index in [-0.39, 0.29) is 11.9 Å². The molecule has 1 aliphatic rings. The van der Waals surface area contributed by atoms with Gasteiger partial charge < -0.3 is 5.32 Å². The van der Waals surface area contributed by atoms with Gasteiger partial charge in [-0.1, -0.05) is 13.8 Å². The molecule has 0 radical (unpaired) electrons. The monoisotopic (exact) mass is 398 g/mol. The first-order valence-electron chi connectivity index (χ1n) is 9.66. The predicted octanol–water partition coefficient (Wildman–Crippen LogP) is 3.46. The van der Waals surface area contributed by atoms with E-state index in [0.29, 0.717) is 12.5 Å². The summed E-state index contributed by atoms with van der Waals surface area (Å²) >= 11 is 1.65. The molecule has 3 aromatic rings. The maximum Gasteiger partial charge on any atom is 0.250 e. The lowest BCUT2D eigenvalue weighted by molar-refractivity contribution is -0.117. The molecule has 1 unspecified atom stereocenters. The first-order chi connectivity index (χ1) is 13.3. The Hall–Kier alpha value is -2.48. The average molecular weight is 399 g/mol. The largest absolute Gasteiger partial charge is 0.358 e. The van der Waals surface area contributed by atoms with E-state index in [1.807, 2.05) is 31.9 Å². The van der Waals surface area contributed by atoms with E-state index < -0.39 is 0 Å². The lowest BCUT2D eigenvalue weighted by atomic mass is 10.0. The molecule has 1 aliphatic heterocycles. The Morgan fingerprint density at radius 1 is 1.32 bits per heavy atom. The van der Waals surface area contributed by atoms with Crippen molar-refractivity contribution in [3.63, 3.8) is 0 Å².